The Balaban J connectivity index is 1.93. The lowest BCUT2D eigenvalue weighted by molar-refractivity contribution is 0.256. The van der Waals surface area contributed by atoms with Crippen molar-refractivity contribution >= 4 is 5.96 Å². The van der Waals surface area contributed by atoms with Crippen LogP contribution in [0.1, 0.15) is 37.3 Å². The van der Waals surface area contributed by atoms with Gasteiger partial charge in [-0.2, -0.15) is 0 Å². The quantitative estimate of drug-likeness (QED) is 0.893. The summed E-state index contributed by atoms with van der Waals surface area (Å²) in [5, 5.41) is 0. The van der Waals surface area contributed by atoms with Gasteiger partial charge in [-0.15, -0.1) is 0 Å². The van der Waals surface area contributed by atoms with Crippen molar-refractivity contribution < 1.29 is 8.78 Å². The standard InChI is InChI=1S/C14H17F2N3/c15-11-7-3-6-10(13(11)16)12-8-18-14(17)19(12)9-4-1-2-5-9/h3,6-7,9,12H,1-2,4-5,8H2,(H2,17,18). The molecule has 102 valence electrons. The Morgan fingerprint density at radius 2 is 1.95 bits per heavy atom. The van der Waals surface area contributed by atoms with Crippen LogP contribution in [0.5, 0.6) is 0 Å². The van der Waals surface area contributed by atoms with Crippen LogP contribution in [0.3, 0.4) is 0 Å². The summed E-state index contributed by atoms with van der Waals surface area (Å²) in [5.41, 5.74) is 6.29. The minimum absolute atomic E-state index is 0.265. The highest BCUT2D eigenvalue weighted by Gasteiger charge is 2.36. The van der Waals surface area contributed by atoms with Gasteiger partial charge < -0.3 is 10.6 Å². The fourth-order valence-electron chi connectivity index (χ4n) is 3.16. The number of guanidine groups is 1. The maximum Gasteiger partial charge on any atom is 0.192 e. The summed E-state index contributed by atoms with van der Waals surface area (Å²) in [5.74, 6) is -1.13. The Labute approximate surface area is 111 Å². The molecule has 0 radical (unpaired) electrons. The van der Waals surface area contributed by atoms with Crippen LogP contribution in [0, 0.1) is 11.6 Å². The molecule has 2 aliphatic rings. The van der Waals surface area contributed by atoms with Gasteiger partial charge in [-0.25, -0.2) is 8.78 Å². The largest absolute Gasteiger partial charge is 0.370 e. The maximum atomic E-state index is 13.9. The SMILES string of the molecule is NC1=NCC(c2cccc(F)c2F)N1C1CCCC1. The van der Waals surface area contributed by atoms with Gasteiger partial charge >= 0.3 is 0 Å². The van der Waals surface area contributed by atoms with Crippen LogP contribution < -0.4 is 5.73 Å². The van der Waals surface area contributed by atoms with Crippen LogP contribution in [0.25, 0.3) is 0 Å². The van der Waals surface area contributed by atoms with Gasteiger partial charge in [0, 0.05) is 11.6 Å². The van der Waals surface area contributed by atoms with Crippen molar-refractivity contribution in [3.05, 3.63) is 35.4 Å². The minimum atomic E-state index is -0.811. The molecule has 1 aliphatic heterocycles. The highest BCUT2D eigenvalue weighted by molar-refractivity contribution is 5.80. The third-order valence-electron chi connectivity index (χ3n) is 4.09. The van der Waals surface area contributed by atoms with E-state index < -0.39 is 11.6 Å². The van der Waals surface area contributed by atoms with Crippen LogP contribution in [-0.2, 0) is 0 Å². The summed E-state index contributed by atoms with van der Waals surface area (Å²) < 4.78 is 27.3. The van der Waals surface area contributed by atoms with E-state index in [2.05, 4.69) is 4.99 Å². The van der Waals surface area contributed by atoms with Crippen molar-refractivity contribution in [3.8, 4) is 0 Å². The van der Waals surface area contributed by atoms with E-state index in [4.69, 9.17) is 5.73 Å². The van der Waals surface area contributed by atoms with Crippen molar-refractivity contribution in [1.29, 1.82) is 0 Å². The van der Waals surface area contributed by atoms with Gasteiger partial charge in [-0.05, 0) is 18.9 Å². The first-order valence-electron chi connectivity index (χ1n) is 6.70. The zero-order valence-corrected chi connectivity index (χ0v) is 10.6. The summed E-state index contributed by atoms with van der Waals surface area (Å²) in [7, 11) is 0. The van der Waals surface area contributed by atoms with Gasteiger partial charge in [-0.3, -0.25) is 4.99 Å². The van der Waals surface area contributed by atoms with E-state index in [9.17, 15) is 8.78 Å². The summed E-state index contributed by atoms with van der Waals surface area (Å²) in [6.45, 7) is 0.405. The Morgan fingerprint density at radius 1 is 1.21 bits per heavy atom. The number of halogens is 2. The Morgan fingerprint density at radius 3 is 2.68 bits per heavy atom. The number of hydrogen-bond donors (Lipinski definition) is 1. The first-order valence-corrected chi connectivity index (χ1v) is 6.70. The van der Waals surface area contributed by atoms with E-state index >= 15 is 0 Å². The highest BCUT2D eigenvalue weighted by Crippen LogP contribution is 2.35. The van der Waals surface area contributed by atoms with Crippen LogP contribution in [-0.4, -0.2) is 23.4 Å². The Hall–Kier alpha value is -1.65. The molecule has 3 nitrogen and oxygen atoms in total. The maximum absolute atomic E-state index is 13.9. The molecular formula is C14H17F2N3. The number of benzene rings is 1. The van der Waals surface area contributed by atoms with E-state index in [1.807, 2.05) is 4.90 Å². The molecule has 1 saturated carbocycles. The molecule has 19 heavy (non-hydrogen) atoms. The van der Waals surface area contributed by atoms with Crippen molar-refractivity contribution in [2.24, 2.45) is 10.7 Å². The second-order valence-electron chi connectivity index (χ2n) is 5.20. The lowest BCUT2D eigenvalue weighted by Crippen LogP contribution is -2.42. The molecule has 1 heterocycles. The molecule has 0 aromatic heterocycles. The summed E-state index contributed by atoms with van der Waals surface area (Å²) in [6.07, 6.45) is 4.41. The van der Waals surface area contributed by atoms with Crippen LogP contribution in [0.4, 0.5) is 8.78 Å². The van der Waals surface area contributed by atoms with E-state index in [1.54, 1.807) is 6.07 Å². The van der Waals surface area contributed by atoms with Gasteiger partial charge in [0.05, 0.1) is 12.6 Å². The zero-order valence-electron chi connectivity index (χ0n) is 10.6. The molecule has 0 bridgehead atoms. The number of nitrogens with two attached hydrogens (primary N) is 1. The summed E-state index contributed by atoms with van der Waals surface area (Å²) in [4.78, 5) is 6.20. The van der Waals surface area contributed by atoms with Crippen LogP contribution >= 0.6 is 0 Å². The van der Waals surface area contributed by atoms with Gasteiger partial charge in [0.25, 0.3) is 0 Å². The fourth-order valence-corrected chi connectivity index (χ4v) is 3.16. The number of aliphatic imine (C=N–C) groups is 1. The first-order chi connectivity index (χ1) is 9.18. The second kappa shape index (κ2) is 4.79. The normalized spacial score (nSPS) is 24.0. The molecule has 1 aliphatic carbocycles. The molecule has 5 heteroatoms. The molecule has 1 unspecified atom stereocenters. The third-order valence-corrected chi connectivity index (χ3v) is 4.09. The number of hydrogen-bond acceptors (Lipinski definition) is 3. The van der Waals surface area contributed by atoms with Crippen molar-refractivity contribution in [1.82, 2.24) is 4.90 Å². The van der Waals surface area contributed by atoms with E-state index in [0.717, 1.165) is 31.7 Å². The molecule has 0 amide bonds. The predicted octanol–water partition coefficient (Wildman–Crippen LogP) is 2.58. The molecular weight excluding hydrogens is 248 g/mol. The minimum Gasteiger partial charge on any atom is -0.370 e. The van der Waals surface area contributed by atoms with E-state index in [1.165, 1.54) is 6.07 Å². The zero-order chi connectivity index (χ0) is 13.4. The smallest absolute Gasteiger partial charge is 0.192 e. The number of nitrogens with zero attached hydrogens (tertiary/aromatic N) is 2. The van der Waals surface area contributed by atoms with Crippen molar-refractivity contribution in [2.75, 3.05) is 6.54 Å². The van der Waals surface area contributed by atoms with Gasteiger partial charge in [0.15, 0.2) is 17.6 Å². The van der Waals surface area contributed by atoms with Gasteiger partial charge in [-0.1, -0.05) is 25.0 Å². The number of rotatable bonds is 2. The van der Waals surface area contributed by atoms with Gasteiger partial charge in [0.2, 0.25) is 0 Å². The summed E-state index contributed by atoms with van der Waals surface area (Å²) >= 11 is 0. The van der Waals surface area contributed by atoms with E-state index in [-0.39, 0.29) is 6.04 Å². The van der Waals surface area contributed by atoms with Crippen LogP contribution in [0.2, 0.25) is 0 Å². The predicted molar refractivity (Wildman–Crippen MR) is 69.7 cm³/mol. The first kappa shape index (κ1) is 12.4. The highest BCUT2D eigenvalue weighted by atomic mass is 19.2. The average Bonchev–Trinajstić information content (AvgIpc) is 3.02. The molecule has 3 rings (SSSR count). The molecule has 1 atom stereocenters. The molecule has 1 fully saturated rings. The molecule has 1 aromatic rings. The molecule has 0 saturated heterocycles. The van der Waals surface area contributed by atoms with Crippen LogP contribution in [0.15, 0.2) is 23.2 Å². The molecule has 0 spiro atoms. The third kappa shape index (κ3) is 2.07. The van der Waals surface area contributed by atoms with E-state index in [0.29, 0.717) is 24.1 Å². The Kier molecular flexibility index (Phi) is 3.12. The Bertz CT molecular complexity index is 509. The average molecular weight is 265 g/mol. The monoisotopic (exact) mass is 265 g/mol. The molecule has 2 N–H and O–H groups in total. The van der Waals surface area contributed by atoms with Gasteiger partial charge in [0.1, 0.15) is 0 Å². The lowest BCUT2D eigenvalue weighted by Gasteiger charge is -2.32. The lowest BCUT2D eigenvalue weighted by atomic mass is 10.0. The van der Waals surface area contributed by atoms with Crippen molar-refractivity contribution in [2.45, 2.75) is 37.8 Å². The summed E-state index contributed by atoms with van der Waals surface area (Å²) in [6, 6.07) is 4.34. The topological polar surface area (TPSA) is 41.6 Å². The fraction of sp³-hybridized carbons (Fsp3) is 0.500. The molecule has 1 aromatic carbocycles. The second-order valence-corrected chi connectivity index (χ2v) is 5.20. The van der Waals surface area contributed by atoms with Crippen molar-refractivity contribution in [3.63, 3.8) is 0 Å².